The molecule has 3 heterocycles. The number of benzene rings is 1. The largest absolute Gasteiger partial charge is 0.505 e. The van der Waals surface area contributed by atoms with Crippen LogP contribution in [-0.2, 0) is 13.0 Å². The Bertz CT molecular complexity index is 1400. The number of hydrogen-bond donors (Lipinski definition) is 4. The summed E-state index contributed by atoms with van der Waals surface area (Å²) < 4.78 is 14.6. The average molecular weight is 465 g/mol. The van der Waals surface area contributed by atoms with Crippen LogP contribution >= 0.6 is 0 Å². The zero-order valence-corrected chi connectivity index (χ0v) is 18.7. The summed E-state index contributed by atoms with van der Waals surface area (Å²) in [7, 11) is 0. The molecule has 0 fully saturated rings. The van der Waals surface area contributed by atoms with Crippen LogP contribution in [0.25, 0.3) is 11.0 Å². The number of aliphatic hydroxyl groups excluding tert-OH is 1. The molecule has 0 saturated carbocycles. The molecule has 176 valence electrons. The number of rotatable bonds is 7. The first-order valence-corrected chi connectivity index (χ1v) is 10.6. The topological polar surface area (TPSA) is 133 Å². The monoisotopic (exact) mass is 465 g/mol. The third-order valence-corrected chi connectivity index (χ3v) is 5.41. The van der Waals surface area contributed by atoms with Gasteiger partial charge in [-0.25, -0.2) is 9.37 Å². The Labute approximate surface area is 193 Å². The first-order valence-electron chi connectivity index (χ1n) is 10.6. The second-order valence-electron chi connectivity index (χ2n) is 8.70. The van der Waals surface area contributed by atoms with E-state index in [9.17, 15) is 24.2 Å². The third-order valence-electron chi connectivity index (χ3n) is 5.41. The Morgan fingerprint density at radius 3 is 2.59 bits per heavy atom. The number of amides is 1. The van der Waals surface area contributed by atoms with Crippen LogP contribution in [0.3, 0.4) is 0 Å². The van der Waals surface area contributed by atoms with Gasteiger partial charge in [0.2, 0.25) is 0 Å². The fraction of sp³-hybridized carbons (Fsp3) is 0.250. The molecule has 3 aromatic heterocycles. The number of carbonyl (C=O) groups is 1. The number of halogens is 1. The van der Waals surface area contributed by atoms with Gasteiger partial charge in [-0.15, -0.1) is 0 Å². The van der Waals surface area contributed by atoms with E-state index in [1.807, 2.05) is 0 Å². The second kappa shape index (κ2) is 9.06. The lowest BCUT2D eigenvalue weighted by atomic mass is 10.0. The molecule has 9 nitrogen and oxygen atoms in total. The summed E-state index contributed by atoms with van der Waals surface area (Å²) in [6.45, 7) is 2.87. The number of pyridine rings is 2. The zero-order chi connectivity index (χ0) is 24.5. The van der Waals surface area contributed by atoms with Gasteiger partial charge in [0.15, 0.2) is 5.75 Å². The van der Waals surface area contributed by atoms with Crippen LogP contribution < -0.4 is 10.9 Å². The molecule has 0 radical (unpaired) electrons. The Hall–Kier alpha value is -4.05. The lowest BCUT2D eigenvalue weighted by Crippen LogP contribution is -2.48. The number of carbonyl (C=O) groups excluding carboxylic acids is 1. The summed E-state index contributed by atoms with van der Waals surface area (Å²) >= 11 is 0. The highest BCUT2D eigenvalue weighted by Gasteiger charge is 2.28. The van der Waals surface area contributed by atoms with Crippen molar-refractivity contribution in [3.05, 3.63) is 87.6 Å². The molecular weight excluding hydrogens is 441 g/mol. The molecule has 0 aliphatic rings. The van der Waals surface area contributed by atoms with Crippen molar-refractivity contribution in [2.75, 3.05) is 6.61 Å². The van der Waals surface area contributed by atoms with E-state index in [-0.39, 0.29) is 24.5 Å². The summed E-state index contributed by atoms with van der Waals surface area (Å²) in [5.74, 6) is -1.70. The smallest absolute Gasteiger partial charge is 0.268 e. The number of aliphatic hydroxyl groups is 1. The molecule has 0 spiro atoms. The number of aromatic amines is 1. The van der Waals surface area contributed by atoms with Crippen molar-refractivity contribution in [1.29, 1.82) is 0 Å². The molecule has 0 saturated heterocycles. The van der Waals surface area contributed by atoms with Crippen LogP contribution in [0, 0.1) is 5.82 Å². The van der Waals surface area contributed by atoms with E-state index in [0.717, 1.165) is 11.1 Å². The van der Waals surface area contributed by atoms with Crippen molar-refractivity contribution in [1.82, 2.24) is 24.8 Å². The van der Waals surface area contributed by atoms with E-state index in [1.165, 1.54) is 29.2 Å². The highest BCUT2D eigenvalue weighted by molar-refractivity contribution is 6.01. The Kier molecular flexibility index (Phi) is 6.16. The molecule has 0 aliphatic heterocycles. The minimum absolute atomic E-state index is 0.0565. The van der Waals surface area contributed by atoms with E-state index in [2.05, 4.69) is 20.3 Å². The molecule has 4 N–H and O–H groups in total. The van der Waals surface area contributed by atoms with Crippen LogP contribution in [0.15, 0.2) is 53.8 Å². The predicted molar refractivity (Wildman–Crippen MR) is 123 cm³/mol. The molecule has 0 unspecified atom stereocenters. The molecule has 34 heavy (non-hydrogen) atoms. The number of aromatic hydroxyl groups is 1. The number of hydrogen-bond acceptors (Lipinski definition) is 6. The average Bonchev–Trinajstić information content (AvgIpc) is 3.31. The summed E-state index contributed by atoms with van der Waals surface area (Å²) in [6.07, 6.45) is 4.99. The first kappa shape index (κ1) is 23.1. The van der Waals surface area contributed by atoms with Gasteiger partial charge in [0.1, 0.15) is 16.9 Å². The van der Waals surface area contributed by atoms with Crippen molar-refractivity contribution in [3.63, 3.8) is 0 Å². The summed E-state index contributed by atoms with van der Waals surface area (Å²) in [5.41, 5.74) is 0.403. The van der Waals surface area contributed by atoms with Crippen LogP contribution in [0.4, 0.5) is 4.39 Å². The fourth-order valence-corrected chi connectivity index (χ4v) is 3.59. The van der Waals surface area contributed by atoms with E-state index in [0.29, 0.717) is 17.6 Å². The molecule has 4 rings (SSSR count). The van der Waals surface area contributed by atoms with Gasteiger partial charge in [-0.05, 0) is 49.6 Å². The minimum Gasteiger partial charge on any atom is -0.505 e. The van der Waals surface area contributed by atoms with Crippen molar-refractivity contribution in [3.8, 4) is 5.75 Å². The normalized spacial score (nSPS) is 11.6. The quantitative estimate of drug-likeness (QED) is 0.330. The second-order valence-corrected chi connectivity index (χ2v) is 8.70. The van der Waals surface area contributed by atoms with Crippen LogP contribution in [0.2, 0.25) is 0 Å². The van der Waals surface area contributed by atoms with Gasteiger partial charge in [0, 0.05) is 12.4 Å². The maximum absolute atomic E-state index is 13.4. The van der Waals surface area contributed by atoms with E-state index < -0.39 is 28.3 Å². The molecule has 10 heteroatoms. The van der Waals surface area contributed by atoms with Crippen molar-refractivity contribution < 1.29 is 19.4 Å². The molecule has 4 aromatic rings. The number of aromatic nitrogens is 4. The fourth-order valence-electron chi connectivity index (χ4n) is 3.59. The SMILES string of the molecule is CC(C)(CO)NC(=O)c1c(O)c2ncc(Cc3ccc(F)cc3)cc2n(Cc2cnc[nH]2)c1=O. The van der Waals surface area contributed by atoms with Crippen molar-refractivity contribution in [2.45, 2.75) is 32.4 Å². The summed E-state index contributed by atoms with van der Waals surface area (Å²) in [5, 5.41) is 22.9. The standard InChI is InChI=1S/C24H24FN5O4/c1-24(2,12-31)29-22(33)19-21(32)20-18(30(23(19)34)11-17-10-26-13-28-17)8-15(9-27-20)7-14-3-5-16(25)6-4-14/h3-6,8-10,13,31-32H,7,11-12H2,1-2H3,(H,26,28)(H,29,33). The van der Waals surface area contributed by atoms with Gasteiger partial charge in [-0.3, -0.25) is 19.1 Å². The predicted octanol–water partition coefficient (Wildman–Crippen LogP) is 2.10. The number of nitrogens with zero attached hydrogens (tertiary/aromatic N) is 3. The van der Waals surface area contributed by atoms with Crippen LogP contribution in [0.5, 0.6) is 5.75 Å². The molecule has 1 amide bonds. The first-order chi connectivity index (χ1) is 16.2. The highest BCUT2D eigenvalue weighted by atomic mass is 19.1. The van der Waals surface area contributed by atoms with E-state index in [1.54, 1.807) is 38.2 Å². The lowest BCUT2D eigenvalue weighted by molar-refractivity contribution is 0.0864. The lowest BCUT2D eigenvalue weighted by Gasteiger charge is -2.24. The Balaban J connectivity index is 1.86. The Morgan fingerprint density at radius 1 is 1.21 bits per heavy atom. The molecular formula is C24H24FN5O4. The molecule has 1 aromatic carbocycles. The molecule has 0 atom stereocenters. The van der Waals surface area contributed by atoms with Crippen molar-refractivity contribution >= 4 is 16.9 Å². The maximum atomic E-state index is 13.4. The third kappa shape index (κ3) is 4.67. The number of H-pyrrole nitrogens is 1. The van der Waals surface area contributed by atoms with Gasteiger partial charge in [0.25, 0.3) is 11.5 Å². The maximum Gasteiger partial charge on any atom is 0.268 e. The van der Waals surface area contributed by atoms with Gasteiger partial charge in [0.05, 0.1) is 36.2 Å². The summed E-state index contributed by atoms with van der Waals surface area (Å²) in [6, 6.07) is 7.75. The number of fused-ring (bicyclic) bond motifs is 1. The van der Waals surface area contributed by atoms with Crippen molar-refractivity contribution in [2.24, 2.45) is 0 Å². The van der Waals surface area contributed by atoms with Gasteiger partial charge >= 0.3 is 0 Å². The van der Waals surface area contributed by atoms with Gasteiger partial charge in [-0.2, -0.15) is 0 Å². The number of nitrogens with one attached hydrogen (secondary N) is 2. The summed E-state index contributed by atoms with van der Waals surface area (Å²) in [4.78, 5) is 37.6. The van der Waals surface area contributed by atoms with E-state index >= 15 is 0 Å². The highest BCUT2D eigenvalue weighted by Crippen LogP contribution is 2.27. The van der Waals surface area contributed by atoms with E-state index in [4.69, 9.17) is 0 Å². The molecule has 0 bridgehead atoms. The van der Waals surface area contributed by atoms with Gasteiger partial charge < -0.3 is 20.5 Å². The van der Waals surface area contributed by atoms with Crippen LogP contribution in [-0.4, -0.2) is 47.8 Å². The van der Waals surface area contributed by atoms with Gasteiger partial charge in [-0.1, -0.05) is 12.1 Å². The Morgan fingerprint density at radius 2 is 1.94 bits per heavy atom. The zero-order valence-electron chi connectivity index (χ0n) is 18.7. The minimum atomic E-state index is -1.01. The van der Waals surface area contributed by atoms with Crippen LogP contribution in [0.1, 0.15) is 41.0 Å². The molecule has 0 aliphatic carbocycles. The number of imidazole rings is 1.